The van der Waals surface area contributed by atoms with E-state index in [1.807, 2.05) is 0 Å². The van der Waals surface area contributed by atoms with Crippen molar-refractivity contribution in [2.45, 2.75) is 19.3 Å². The monoisotopic (exact) mass is 1800 g/mol. The predicted molar refractivity (Wildman–Crippen MR) is 595 cm³/mol. The molecule has 1 aliphatic carbocycles. The standard InChI is InChI=1S/C69H49N3.C66H45N3/c1-69(2)63-43-50(51-32-41-62-61-21-11-14-24-67(61)72(68(62)44-51)52-17-7-4-8-18-52)31-40-57(63)58-42-39-56(45-64(58)69)70(53-33-29-49(30-34-53)48-27-25-47(26-28-48)46-15-5-3-6-16-46)54-35-37-55(38-36-54)71-65-22-12-9-19-59(65)60-20-10-13-23-66(60)71;1-3-13-46(14-4-1)47-23-25-48(26-24-47)50-31-36-55(37-32-50)67(57-40-42-58(43-41-57)68-63-20-10-7-17-59(63)60-18-8-11-21-64(60)68)56-38-33-51(34-39-56)49-27-29-52(30-28-49)53-35-44-62-61-19-9-12-22-65(61)69(66(62)45-53)54-15-5-2-6-16-54/h3-45H,1-2H3;1-45H. The van der Waals surface area contributed by atoms with E-state index in [4.69, 9.17) is 0 Å². The van der Waals surface area contributed by atoms with E-state index in [1.54, 1.807) is 0 Å². The molecule has 4 heterocycles. The Balaban J connectivity index is 0.000000145. The fourth-order valence-corrected chi connectivity index (χ4v) is 22.1. The highest BCUT2D eigenvalue weighted by Crippen LogP contribution is 2.53. The Morgan fingerprint density at radius 3 is 0.652 bits per heavy atom. The maximum Gasteiger partial charge on any atom is 0.0547 e. The van der Waals surface area contributed by atoms with Crippen LogP contribution in [0.25, 0.3) is 199 Å². The molecule has 0 radical (unpaired) electrons. The van der Waals surface area contributed by atoms with Gasteiger partial charge in [0.1, 0.15) is 0 Å². The van der Waals surface area contributed by atoms with Crippen molar-refractivity contribution < 1.29 is 0 Å². The summed E-state index contributed by atoms with van der Waals surface area (Å²) in [5, 5.41) is 10.1. The van der Waals surface area contributed by atoms with Crippen molar-refractivity contribution in [2.75, 3.05) is 9.80 Å². The zero-order chi connectivity index (χ0) is 93.6. The molecule has 6 nitrogen and oxygen atoms in total. The quantitative estimate of drug-likeness (QED) is 0.0908. The Morgan fingerprint density at radius 1 is 0.142 bits per heavy atom. The lowest BCUT2D eigenvalue weighted by Gasteiger charge is -2.28. The molecule has 0 saturated carbocycles. The Kier molecular flexibility index (Phi) is 20.5. The molecule has 0 aliphatic heterocycles. The number of benzene rings is 22. The van der Waals surface area contributed by atoms with Gasteiger partial charge in [0.2, 0.25) is 0 Å². The molecule has 26 aromatic rings. The van der Waals surface area contributed by atoms with Crippen LogP contribution in [-0.2, 0) is 5.41 Å². The van der Waals surface area contributed by atoms with Gasteiger partial charge in [-0.15, -0.1) is 0 Å². The van der Waals surface area contributed by atoms with Gasteiger partial charge in [0.25, 0.3) is 0 Å². The van der Waals surface area contributed by atoms with Crippen molar-refractivity contribution >= 4 is 121 Å². The van der Waals surface area contributed by atoms with E-state index in [2.05, 4.69) is 576 Å². The molecule has 664 valence electrons. The molecule has 0 amide bonds. The van der Waals surface area contributed by atoms with Crippen LogP contribution >= 0.6 is 0 Å². The summed E-state index contributed by atoms with van der Waals surface area (Å²) in [5.74, 6) is 0. The van der Waals surface area contributed by atoms with Crippen LogP contribution in [0.5, 0.6) is 0 Å². The second kappa shape index (κ2) is 34.8. The van der Waals surface area contributed by atoms with Gasteiger partial charge >= 0.3 is 0 Å². The fourth-order valence-electron chi connectivity index (χ4n) is 22.1. The van der Waals surface area contributed by atoms with E-state index in [0.29, 0.717) is 0 Å². The van der Waals surface area contributed by atoms with Crippen LogP contribution in [0.2, 0.25) is 0 Å². The van der Waals surface area contributed by atoms with Crippen LogP contribution in [0.1, 0.15) is 25.0 Å². The van der Waals surface area contributed by atoms with E-state index < -0.39 is 0 Å². The van der Waals surface area contributed by atoms with Crippen molar-refractivity contribution in [3.63, 3.8) is 0 Å². The highest BCUT2D eigenvalue weighted by atomic mass is 15.2. The van der Waals surface area contributed by atoms with Gasteiger partial charge in [-0.25, -0.2) is 0 Å². The minimum Gasteiger partial charge on any atom is -0.311 e. The molecule has 4 aromatic heterocycles. The van der Waals surface area contributed by atoms with Crippen molar-refractivity contribution in [1.82, 2.24) is 18.3 Å². The summed E-state index contributed by atoms with van der Waals surface area (Å²) in [6.45, 7) is 4.79. The average molecular weight is 1800 g/mol. The molecule has 6 heteroatoms. The molecule has 0 spiro atoms. The molecule has 0 bridgehead atoms. The summed E-state index contributed by atoms with van der Waals surface area (Å²) in [5.41, 5.74) is 42.6. The lowest BCUT2D eigenvalue weighted by atomic mass is 9.81. The van der Waals surface area contributed by atoms with E-state index in [9.17, 15) is 0 Å². The van der Waals surface area contributed by atoms with Crippen LogP contribution in [-0.4, -0.2) is 18.3 Å². The van der Waals surface area contributed by atoms with Gasteiger partial charge in [-0.2, -0.15) is 0 Å². The Morgan fingerprint density at radius 2 is 0.333 bits per heavy atom. The number of fused-ring (bicyclic) bond motifs is 15. The van der Waals surface area contributed by atoms with Gasteiger partial charge in [0.05, 0.1) is 44.1 Å². The van der Waals surface area contributed by atoms with Gasteiger partial charge in [-0.05, 0) is 276 Å². The number of anilines is 6. The first-order valence-corrected chi connectivity index (χ1v) is 48.7. The molecule has 141 heavy (non-hydrogen) atoms. The molecular weight excluding hydrogens is 1710 g/mol. The first-order valence-electron chi connectivity index (χ1n) is 48.7. The first-order chi connectivity index (χ1) is 69.7. The molecule has 0 fully saturated rings. The average Bonchev–Trinajstić information content (AvgIpc) is 1.60. The Bertz CT molecular complexity index is 9110. The predicted octanol–water partition coefficient (Wildman–Crippen LogP) is 36.7. The summed E-state index contributed by atoms with van der Waals surface area (Å²) < 4.78 is 9.55. The van der Waals surface area contributed by atoms with Gasteiger partial charge in [-0.3, -0.25) is 0 Å². The number of hydrogen-bond acceptors (Lipinski definition) is 2. The second-order valence-electron chi connectivity index (χ2n) is 37.5. The maximum absolute atomic E-state index is 2.45. The maximum atomic E-state index is 2.45. The van der Waals surface area contributed by atoms with Crippen molar-refractivity contribution in [1.29, 1.82) is 0 Å². The lowest BCUT2D eigenvalue weighted by molar-refractivity contribution is 0.660. The summed E-state index contributed by atoms with van der Waals surface area (Å²) >= 11 is 0. The summed E-state index contributed by atoms with van der Waals surface area (Å²) in [7, 11) is 0. The fraction of sp³-hybridized carbons (Fsp3) is 0.0222. The summed E-state index contributed by atoms with van der Waals surface area (Å²) in [4.78, 5) is 4.78. The Hall–Kier alpha value is -18.4. The zero-order valence-corrected chi connectivity index (χ0v) is 78.0. The second-order valence-corrected chi connectivity index (χ2v) is 37.5. The van der Waals surface area contributed by atoms with Gasteiger partial charge in [0, 0.05) is 105 Å². The normalized spacial score (nSPS) is 12.1. The minimum atomic E-state index is -0.248. The lowest BCUT2D eigenvalue weighted by Crippen LogP contribution is -2.16. The van der Waals surface area contributed by atoms with Crippen LogP contribution in [0.15, 0.2) is 534 Å². The topological polar surface area (TPSA) is 26.2 Å². The SMILES string of the molecule is CC1(C)c2cc(-c3ccc4c5ccccc5n(-c5ccccc5)c4c3)ccc2-c2ccc(N(c3ccc(-c4ccc(-c5ccccc5)cc4)cc3)c3ccc(-n4c5ccccc5c5ccccc54)cc3)cc21.c1ccc(-c2ccc(-c3ccc(N(c4ccc(-c5ccc(-c6ccc7c8ccccc8n(-c8ccccc8)c7c6)cc5)cc4)c4ccc(-n5c6ccccc6c6ccccc65)cc4)cc3)cc2)cc1. The molecule has 1 aliphatic rings. The minimum absolute atomic E-state index is 0.248. The number of para-hydroxylation sites is 8. The molecular formula is C135H94N6. The highest BCUT2D eigenvalue weighted by Gasteiger charge is 2.37. The Labute approximate surface area is 819 Å². The van der Waals surface area contributed by atoms with E-state index in [-0.39, 0.29) is 5.41 Å². The van der Waals surface area contributed by atoms with Crippen molar-refractivity contribution in [3.8, 4) is 112 Å². The number of aromatic nitrogens is 4. The molecule has 0 saturated heterocycles. The molecule has 22 aromatic carbocycles. The van der Waals surface area contributed by atoms with E-state index in [1.165, 1.54) is 193 Å². The molecule has 27 rings (SSSR count). The van der Waals surface area contributed by atoms with E-state index in [0.717, 1.165) is 51.2 Å². The molecule has 0 N–H and O–H groups in total. The van der Waals surface area contributed by atoms with Crippen molar-refractivity contribution in [3.05, 3.63) is 545 Å². The molecule has 0 unspecified atom stereocenters. The molecule has 0 atom stereocenters. The van der Waals surface area contributed by atoms with Crippen LogP contribution in [0, 0.1) is 0 Å². The van der Waals surface area contributed by atoms with Gasteiger partial charge in [-0.1, -0.05) is 372 Å². The van der Waals surface area contributed by atoms with Crippen molar-refractivity contribution in [2.24, 2.45) is 0 Å². The third-order valence-corrected chi connectivity index (χ3v) is 29.1. The van der Waals surface area contributed by atoms with E-state index >= 15 is 0 Å². The van der Waals surface area contributed by atoms with Gasteiger partial charge < -0.3 is 28.1 Å². The van der Waals surface area contributed by atoms with Crippen LogP contribution in [0.3, 0.4) is 0 Å². The summed E-state index contributed by atoms with van der Waals surface area (Å²) in [6.07, 6.45) is 0. The van der Waals surface area contributed by atoms with Crippen LogP contribution < -0.4 is 9.80 Å². The number of hydrogen-bond donors (Lipinski definition) is 0. The van der Waals surface area contributed by atoms with Gasteiger partial charge in [0.15, 0.2) is 0 Å². The highest BCUT2D eigenvalue weighted by molar-refractivity contribution is 6.14. The summed E-state index contributed by atoms with van der Waals surface area (Å²) in [6, 6.07) is 195. The third-order valence-electron chi connectivity index (χ3n) is 29.1. The number of nitrogens with zero attached hydrogens (tertiary/aromatic N) is 6. The first kappa shape index (κ1) is 83.2. The largest absolute Gasteiger partial charge is 0.311 e. The smallest absolute Gasteiger partial charge is 0.0547 e. The zero-order valence-electron chi connectivity index (χ0n) is 78.0. The van der Waals surface area contributed by atoms with Crippen LogP contribution in [0.4, 0.5) is 34.1 Å². The third kappa shape index (κ3) is 14.7. The number of rotatable bonds is 17.